The molecule has 6 nitrogen and oxygen atoms in total. The fourth-order valence-electron chi connectivity index (χ4n) is 4.17. The van der Waals surface area contributed by atoms with Crippen molar-refractivity contribution in [3.63, 3.8) is 0 Å². The van der Waals surface area contributed by atoms with Crippen LogP contribution in [0.1, 0.15) is 16.7 Å². The van der Waals surface area contributed by atoms with Gasteiger partial charge in [-0.2, -0.15) is 0 Å². The molecule has 0 amide bonds. The molecule has 0 atom stereocenters. The summed E-state index contributed by atoms with van der Waals surface area (Å²) in [7, 11) is 2.30. The van der Waals surface area contributed by atoms with Crippen LogP contribution in [-0.2, 0) is 25.5 Å². The second kappa shape index (κ2) is 7.22. The minimum atomic E-state index is -2.07. The van der Waals surface area contributed by atoms with Crippen LogP contribution in [0.5, 0.6) is 5.75 Å². The van der Waals surface area contributed by atoms with Crippen LogP contribution < -0.4 is 0 Å². The number of fused-ring (bicyclic) bond motifs is 2. The summed E-state index contributed by atoms with van der Waals surface area (Å²) in [6, 6.07) is 17.7. The van der Waals surface area contributed by atoms with Crippen molar-refractivity contribution in [1.29, 1.82) is 0 Å². The van der Waals surface area contributed by atoms with Crippen molar-refractivity contribution >= 4 is 28.3 Å². The fourth-order valence-corrected chi connectivity index (χ4v) is 4.17. The molecule has 0 aliphatic heterocycles. The maximum absolute atomic E-state index is 12.9. The molecule has 0 saturated heterocycles. The van der Waals surface area contributed by atoms with Gasteiger partial charge in [-0.15, -0.1) is 0 Å². The van der Waals surface area contributed by atoms with E-state index >= 15 is 0 Å². The number of methoxy groups -OCH3 is 2. The summed E-state index contributed by atoms with van der Waals surface area (Å²) in [5, 5.41) is 23.7. The maximum Gasteiger partial charge on any atom is 0.331 e. The van der Waals surface area contributed by atoms with Crippen LogP contribution in [0.15, 0.2) is 66.4 Å². The maximum atomic E-state index is 12.9. The van der Waals surface area contributed by atoms with E-state index in [1.54, 1.807) is 36.4 Å². The topological polar surface area (TPSA) is 93.1 Å². The number of hydrogen-bond acceptors (Lipinski definition) is 6. The first-order chi connectivity index (χ1) is 14.5. The minimum Gasteiger partial charge on any atom is -0.510 e. The Morgan fingerprint density at radius 1 is 0.867 bits per heavy atom. The van der Waals surface area contributed by atoms with Crippen molar-refractivity contribution in [3.05, 3.63) is 83.1 Å². The highest BCUT2D eigenvalue weighted by molar-refractivity contribution is 6.10. The molecular weight excluding hydrogens is 384 g/mol. The van der Waals surface area contributed by atoms with Gasteiger partial charge >= 0.3 is 11.9 Å². The Bertz CT molecular complexity index is 1190. The molecule has 2 N–H and O–H groups in total. The van der Waals surface area contributed by atoms with E-state index in [-0.39, 0.29) is 17.7 Å². The first-order valence-corrected chi connectivity index (χ1v) is 9.35. The van der Waals surface area contributed by atoms with Crippen molar-refractivity contribution in [2.24, 2.45) is 5.41 Å². The summed E-state index contributed by atoms with van der Waals surface area (Å²) in [6.45, 7) is 0. The molecule has 0 aromatic heterocycles. The Morgan fingerprint density at radius 3 is 2.20 bits per heavy atom. The standard InChI is InChI=1S/C24H20O6/c1-29-22(27)24(23(28)30-2)13-15-8-4-6-10-17(15)20(21(24)26)19-16-9-5-3-7-14(16)11-12-18(19)25/h3-12,25-26H,13H2,1-2H3. The molecule has 30 heavy (non-hydrogen) atoms. The molecule has 1 aliphatic rings. The van der Waals surface area contributed by atoms with Gasteiger partial charge in [-0.1, -0.05) is 54.6 Å². The normalized spacial score (nSPS) is 14.9. The lowest BCUT2D eigenvalue weighted by atomic mass is 9.69. The fraction of sp³-hybridized carbons (Fsp3) is 0.167. The van der Waals surface area contributed by atoms with E-state index in [1.807, 2.05) is 18.2 Å². The molecule has 0 radical (unpaired) electrons. The van der Waals surface area contributed by atoms with E-state index in [2.05, 4.69) is 0 Å². The number of aromatic hydroxyl groups is 1. The zero-order chi connectivity index (χ0) is 21.5. The van der Waals surface area contributed by atoms with Gasteiger partial charge in [0.05, 0.1) is 14.2 Å². The summed E-state index contributed by atoms with van der Waals surface area (Å²) in [5.41, 5.74) is -0.285. The summed E-state index contributed by atoms with van der Waals surface area (Å²) in [4.78, 5) is 25.7. The predicted molar refractivity (Wildman–Crippen MR) is 111 cm³/mol. The highest BCUT2D eigenvalue weighted by Gasteiger charge is 2.56. The Balaban J connectivity index is 2.17. The van der Waals surface area contributed by atoms with E-state index in [4.69, 9.17) is 9.47 Å². The monoisotopic (exact) mass is 404 g/mol. The second-order valence-electron chi connectivity index (χ2n) is 7.13. The van der Waals surface area contributed by atoms with Gasteiger partial charge in [0.2, 0.25) is 5.41 Å². The Hall–Kier alpha value is -3.80. The summed E-state index contributed by atoms with van der Waals surface area (Å²) in [5.74, 6) is -2.46. The number of rotatable bonds is 3. The Kier molecular flexibility index (Phi) is 4.70. The van der Waals surface area contributed by atoms with Gasteiger partial charge in [0, 0.05) is 17.6 Å². The average molecular weight is 404 g/mol. The lowest BCUT2D eigenvalue weighted by Crippen LogP contribution is -2.47. The lowest BCUT2D eigenvalue weighted by Gasteiger charge is -2.34. The molecule has 1 aliphatic carbocycles. The van der Waals surface area contributed by atoms with E-state index in [1.165, 1.54) is 6.07 Å². The molecule has 0 fully saturated rings. The first-order valence-electron chi connectivity index (χ1n) is 9.35. The molecule has 0 saturated carbocycles. The Labute approximate surface area is 173 Å². The van der Waals surface area contributed by atoms with Crippen molar-refractivity contribution in [3.8, 4) is 5.75 Å². The van der Waals surface area contributed by atoms with Gasteiger partial charge in [-0.05, 0) is 28.0 Å². The smallest absolute Gasteiger partial charge is 0.331 e. The van der Waals surface area contributed by atoms with Crippen LogP contribution in [0, 0.1) is 5.41 Å². The van der Waals surface area contributed by atoms with Gasteiger partial charge in [-0.25, -0.2) is 0 Å². The van der Waals surface area contributed by atoms with E-state index in [0.717, 1.165) is 19.6 Å². The number of benzene rings is 3. The van der Waals surface area contributed by atoms with Crippen molar-refractivity contribution in [2.45, 2.75) is 6.42 Å². The average Bonchev–Trinajstić information content (AvgIpc) is 2.78. The third-order valence-corrected chi connectivity index (χ3v) is 5.61. The molecule has 0 spiro atoms. The van der Waals surface area contributed by atoms with Crippen molar-refractivity contribution < 1.29 is 29.3 Å². The van der Waals surface area contributed by atoms with E-state index in [0.29, 0.717) is 22.1 Å². The number of aliphatic hydroxyl groups excluding tert-OH is 1. The van der Waals surface area contributed by atoms with Crippen LogP contribution in [0.2, 0.25) is 0 Å². The molecule has 3 aromatic rings. The van der Waals surface area contributed by atoms with Crippen LogP contribution >= 0.6 is 0 Å². The number of ether oxygens (including phenoxy) is 2. The number of carbonyl (C=O) groups excluding carboxylic acids is 2. The summed E-state index contributed by atoms with van der Waals surface area (Å²) >= 11 is 0. The van der Waals surface area contributed by atoms with Gasteiger partial charge in [-0.3, -0.25) is 9.59 Å². The molecule has 6 heteroatoms. The highest BCUT2D eigenvalue weighted by atomic mass is 16.5. The number of phenolic OH excluding ortho intramolecular Hbond substituents is 1. The number of aliphatic hydroxyl groups is 1. The van der Waals surface area contributed by atoms with Gasteiger partial charge in [0.15, 0.2) is 0 Å². The van der Waals surface area contributed by atoms with Gasteiger partial charge < -0.3 is 19.7 Å². The van der Waals surface area contributed by atoms with E-state index in [9.17, 15) is 19.8 Å². The molecule has 0 unspecified atom stereocenters. The molecule has 0 heterocycles. The van der Waals surface area contributed by atoms with Crippen LogP contribution in [0.4, 0.5) is 0 Å². The Morgan fingerprint density at radius 2 is 1.50 bits per heavy atom. The predicted octanol–water partition coefficient (Wildman–Crippen LogP) is 3.75. The third-order valence-electron chi connectivity index (χ3n) is 5.61. The molecule has 4 rings (SSSR count). The van der Waals surface area contributed by atoms with E-state index < -0.39 is 23.1 Å². The summed E-state index contributed by atoms with van der Waals surface area (Å²) < 4.78 is 9.81. The minimum absolute atomic E-state index is 0.0874. The number of hydrogen-bond donors (Lipinski definition) is 2. The SMILES string of the molecule is COC(=O)C1(C(=O)OC)Cc2ccccc2C(c2c(O)ccc3ccccc23)=C1O. The number of phenols is 1. The molecular formula is C24H20O6. The largest absolute Gasteiger partial charge is 0.510 e. The van der Waals surface area contributed by atoms with Crippen LogP contribution in [-0.4, -0.2) is 36.4 Å². The van der Waals surface area contributed by atoms with Crippen LogP contribution in [0.25, 0.3) is 16.3 Å². The first kappa shape index (κ1) is 19.5. The summed E-state index contributed by atoms with van der Waals surface area (Å²) in [6.07, 6.45) is -0.122. The lowest BCUT2D eigenvalue weighted by molar-refractivity contribution is -0.168. The highest BCUT2D eigenvalue weighted by Crippen LogP contribution is 2.49. The quantitative estimate of drug-likeness (QED) is 0.510. The second-order valence-corrected chi connectivity index (χ2v) is 7.13. The molecule has 152 valence electrons. The molecule has 3 aromatic carbocycles. The van der Waals surface area contributed by atoms with Gasteiger partial charge in [0.25, 0.3) is 0 Å². The van der Waals surface area contributed by atoms with Crippen molar-refractivity contribution in [2.75, 3.05) is 14.2 Å². The number of carbonyl (C=O) groups is 2. The number of esters is 2. The third kappa shape index (κ3) is 2.64. The van der Waals surface area contributed by atoms with Gasteiger partial charge in [0.1, 0.15) is 11.5 Å². The zero-order valence-corrected chi connectivity index (χ0v) is 16.5. The van der Waals surface area contributed by atoms with Crippen LogP contribution in [0.3, 0.4) is 0 Å². The zero-order valence-electron chi connectivity index (χ0n) is 16.5. The van der Waals surface area contributed by atoms with Crippen molar-refractivity contribution in [1.82, 2.24) is 0 Å². The molecule has 0 bridgehead atoms.